The molecule has 1 heterocycles. The van der Waals surface area contributed by atoms with Crippen molar-refractivity contribution >= 4 is 11.7 Å². The van der Waals surface area contributed by atoms with Gasteiger partial charge in [-0.05, 0) is 68.1 Å². The van der Waals surface area contributed by atoms with Crippen LogP contribution in [0.25, 0.3) is 0 Å². The zero-order valence-corrected chi connectivity index (χ0v) is 18.8. The van der Waals surface area contributed by atoms with Crippen molar-refractivity contribution in [1.82, 2.24) is 10.3 Å². The molecule has 0 aliphatic rings. The molecule has 1 unspecified atom stereocenters. The fourth-order valence-electron chi connectivity index (χ4n) is 3.59. The fraction of sp³-hybridized carbons (Fsp3) is 0.308. The number of rotatable bonds is 9. The molecule has 6 nitrogen and oxygen atoms in total. The molecule has 2 aromatic carbocycles. The smallest absolute Gasteiger partial charge is 0.229 e. The first-order valence-electron chi connectivity index (χ1n) is 10.7. The molecule has 0 aliphatic carbocycles. The standard InChI is InChI=1S/C26H31N3O3/c1-18-6-4-9-24(28-18)29-25(32)15-19-7-5-8-20(14-19)16-26(2,3)27-17-23(31)21-10-12-22(30)13-11-21/h4-14,23,27,30-31H,15-17H2,1-3H3,(H,28,29,32). The van der Waals surface area contributed by atoms with Crippen molar-refractivity contribution in [2.24, 2.45) is 0 Å². The number of carbonyl (C=O) groups is 1. The largest absolute Gasteiger partial charge is 0.508 e. The molecule has 3 aromatic rings. The first-order valence-corrected chi connectivity index (χ1v) is 10.7. The molecule has 1 atom stereocenters. The van der Waals surface area contributed by atoms with E-state index in [4.69, 9.17) is 0 Å². The number of hydrogen-bond acceptors (Lipinski definition) is 5. The lowest BCUT2D eigenvalue weighted by atomic mass is 9.93. The topological polar surface area (TPSA) is 94.5 Å². The second-order valence-electron chi connectivity index (χ2n) is 8.76. The van der Waals surface area contributed by atoms with Crippen LogP contribution in [0.4, 0.5) is 5.82 Å². The number of aromatic nitrogens is 1. The van der Waals surface area contributed by atoms with Crippen molar-refractivity contribution in [2.45, 2.75) is 45.3 Å². The van der Waals surface area contributed by atoms with Crippen LogP contribution in [-0.2, 0) is 17.6 Å². The van der Waals surface area contributed by atoms with E-state index < -0.39 is 6.10 Å². The molecular formula is C26H31N3O3. The Morgan fingerprint density at radius 3 is 2.44 bits per heavy atom. The monoisotopic (exact) mass is 433 g/mol. The number of pyridine rings is 1. The Morgan fingerprint density at radius 2 is 1.72 bits per heavy atom. The molecule has 0 fully saturated rings. The van der Waals surface area contributed by atoms with E-state index in [1.54, 1.807) is 30.3 Å². The van der Waals surface area contributed by atoms with Gasteiger partial charge in [0.25, 0.3) is 0 Å². The van der Waals surface area contributed by atoms with Gasteiger partial charge in [-0.25, -0.2) is 4.98 Å². The molecular weight excluding hydrogens is 402 g/mol. The third-order valence-corrected chi connectivity index (χ3v) is 5.21. The number of benzene rings is 2. The predicted octanol–water partition coefficient (Wildman–Crippen LogP) is 3.92. The summed E-state index contributed by atoms with van der Waals surface area (Å²) in [6, 6.07) is 20.1. The molecule has 1 amide bonds. The number of aryl methyl sites for hydroxylation is 1. The summed E-state index contributed by atoms with van der Waals surface area (Å²) in [5, 5.41) is 26.1. The summed E-state index contributed by atoms with van der Waals surface area (Å²) < 4.78 is 0. The van der Waals surface area contributed by atoms with Gasteiger partial charge in [0.1, 0.15) is 11.6 Å². The number of nitrogens with zero attached hydrogens (tertiary/aromatic N) is 1. The Bertz CT molecular complexity index is 1050. The molecule has 32 heavy (non-hydrogen) atoms. The minimum atomic E-state index is -0.667. The molecule has 0 aliphatic heterocycles. The Morgan fingerprint density at radius 1 is 1.03 bits per heavy atom. The highest BCUT2D eigenvalue weighted by Crippen LogP contribution is 2.19. The zero-order chi connectivity index (χ0) is 23.1. The molecule has 3 rings (SSSR count). The minimum Gasteiger partial charge on any atom is -0.508 e. The van der Waals surface area contributed by atoms with E-state index in [1.807, 2.05) is 43.3 Å². The van der Waals surface area contributed by atoms with Gasteiger partial charge >= 0.3 is 0 Å². The lowest BCUT2D eigenvalue weighted by Gasteiger charge is -2.28. The van der Waals surface area contributed by atoms with Gasteiger partial charge in [-0.2, -0.15) is 0 Å². The van der Waals surface area contributed by atoms with Crippen LogP contribution in [0.15, 0.2) is 66.7 Å². The number of phenols is 1. The van der Waals surface area contributed by atoms with Crippen molar-refractivity contribution in [3.63, 3.8) is 0 Å². The number of amides is 1. The van der Waals surface area contributed by atoms with Crippen molar-refractivity contribution in [2.75, 3.05) is 11.9 Å². The van der Waals surface area contributed by atoms with Crippen LogP contribution in [0, 0.1) is 6.92 Å². The van der Waals surface area contributed by atoms with E-state index >= 15 is 0 Å². The highest BCUT2D eigenvalue weighted by atomic mass is 16.3. The fourth-order valence-corrected chi connectivity index (χ4v) is 3.59. The lowest BCUT2D eigenvalue weighted by Crippen LogP contribution is -2.43. The maximum atomic E-state index is 12.4. The Hall–Kier alpha value is -3.22. The average Bonchev–Trinajstić information content (AvgIpc) is 2.72. The van der Waals surface area contributed by atoms with Gasteiger partial charge < -0.3 is 20.8 Å². The van der Waals surface area contributed by atoms with Crippen LogP contribution in [0.3, 0.4) is 0 Å². The van der Waals surface area contributed by atoms with E-state index in [0.717, 1.165) is 28.8 Å². The van der Waals surface area contributed by atoms with Crippen molar-refractivity contribution in [3.8, 4) is 5.75 Å². The molecule has 0 saturated heterocycles. The van der Waals surface area contributed by atoms with E-state index in [0.29, 0.717) is 12.4 Å². The maximum Gasteiger partial charge on any atom is 0.229 e. The second-order valence-corrected chi connectivity index (χ2v) is 8.76. The van der Waals surface area contributed by atoms with Crippen LogP contribution in [0.2, 0.25) is 0 Å². The number of hydrogen-bond donors (Lipinski definition) is 4. The highest BCUT2D eigenvalue weighted by Gasteiger charge is 2.20. The number of aliphatic hydroxyl groups is 1. The molecule has 4 N–H and O–H groups in total. The quantitative estimate of drug-likeness (QED) is 0.410. The maximum absolute atomic E-state index is 12.4. The van der Waals surface area contributed by atoms with Crippen LogP contribution in [-0.4, -0.2) is 33.2 Å². The molecule has 6 heteroatoms. The van der Waals surface area contributed by atoms with Gasteiger partial charge in [-0.1, -0.05) is 42.5 Å². The number of aliphatic hydroxyl groups excluding tert-OH is 1. The average molecular weight is 434 g/mol. The number of carbonyl (C=O) groups excluding carboxylic acids is 1. The molecule has 0 spiro atoms. The van der Waals surface area contributed by atoms with Crippen LogP contribution in [0.5, 0.6) is 5.75 Å². The Balaban J connectivity index is 1.55. The zero-order valence-electron chi connectivity index (χ0n) is 18.8. The number of phenolic OH excluding ortho intramolecular Hbond substituents is 1. The SMILES string of the molecule is Cc1cccc(NC(=O)Cc2cccc(CC(C)(C)NCC(O)c3ccc(O)cc3)c2)n1. The third-order valence-electron chi connectivity index (χ3n) is 5.21. The summed E-state index contributed by atoms with van der Waals surface area (Å²) in [6.45, 7) is 6.45. The van der Waals surface area contributed by atoms with Crippen molar-refractivity contribution < 1.29 is 15.0 Å². The molecule has 0 radical (unpaired) electrons. The van der Waals surface area contributed by atoms with Gasteiger partial charge in [0, 0.05) is 17.8 Å². The third kappa shape index (κ3) is 7.18. The summed E-state index contributed by atoms with van der Waals surface area (Å²) >= 11 is 0. The minimum absolute atomic E-state index is 0.102. The number of nitrogens with one attached hydrogen (secondary N) is 2. The summed E-state index contributed by atoms with van der Waals surface area (Å²) in [6.07, 6.45) is 0.348. The van der Waals surface area contributed by atoms with E-state index in [2.05, 4.69) is 29.5 Å². The Kier molecular flexibility index (Phi) is 7.62. The second kappa shape index (κ2) is 10.4. The number of β-amino-alcohol motifs (C(OH)–C–C–N with tert-alkyl or cyclic N) is 1. The van der Waals surface area contributed by atoms with Crippen molar-refractivity contribution in [1.29, 1.82) is 0 Å². The van der Waals surface area contributed by atoms with Gasteiger partial charge in [0.2, 0.25) is 5.91 Å². The predicted molar refractivity (Wildman–Crippen MR) is 127 cm³/mol. The normalized spacial score (nSPS) is 12.4. The molecule has 1 aromatic heterocycles. The van der Waals surface area contributed by atoms with Gasteiger partial charge in [0.15, 0.2) is 0 Å². The molecule has 0 bridgehead atoms. The first kappa shape index (κ1) is 23.4. The molecule has 0 saturated carbocycles. The van der Waals surface area contributed by atoms with Gasteiger partial charge in [0.05, 0.1) is 12.5 Å². The highest BCUT2D eigenvalue weighted by molar-refractivity contribution is 5.91. The molecule has 168 valence electrons. The van der Waals surface area contributed by atoms with Gasteiger partial charge in [-0.3, -0.25) is 4.79 Å². The summed E-state index contributed by atoms with van der Waals surface area (Å²) in [7, 11) is 0. The first-order chi connectivity index (χ1) is 15.2. The Labute approximate surface area is 189 Å². The summed E-state index contributed by atoms with van der Waals surface area (Å²) in [5.41, 5.74) is 3.40. The van der Waals surface area contributed by atoms with E-state index in [-0.39, 0.29) is 23.6 Å². The lowest BCUT2D eigenvalue weighted by molar-refractivity contribution is -0.115. The number of anilines is 1. The van der Waals surface area contributed by atoms with Crippen molar-refractivity contribution in [3.05, 3.63) is 89.1 Å². The number of aromatic hydroxyl groups is 1. The van der Waals surface area contributed by atoms with Crippen LogP contribution >= 0.6 is 0 Å². The van der Waals surface area contributed by atoms with E-state index in [9.17, 15) is 15.0 Å². The van der Waals surface area contributed by atoms with Gasteiger partial charge in [-0.15, -0.1) is 0 Å². The summed E-state index contributed by atoms with van der Waals surface area (Å²) in [4.78, 5) is 16.7. The van der Waals surface area contributed by atoms with E-state index in [1.165, 1.54) is 0 Å². The van der Waals surface area contributed by atoms with Crippen LogP contribution < -0.4 is 10.6 Å². The summed E-state index contributed by atoms with van der Waals surface area (Å²) in [5.74, 6) is 0.635. The van der Waals surface area contributed by atoms with Crippen LogP contribution in [0.1, 0.15) is 42.3 Å².